The van der Waals surface area contributed by atoms with E-state index in [1.165, 1.54) is 23.5 Å². The molecule has 208 valence electrons. The van der Waals surface area contributed by atoms with Crippen molar-refractivity contribution in [1.29, 1.82) is 0 Å². The number of esters is 1. The van der Waals surface area contributed by atoms with Crippen LogP contribution in [-0.4, -0.2) is 26.9 Å². The number of para-hydroxylation sites is 1. The number of hydrogen-bond donors (Lipinski definition) is 2. The van der Waals surface area contributed by atoms with Gasteiger partial charge in [0, 0.05) is 16.0 Å². The van der Waals surface area contributed by atoms with Crippen LogP contribution in [0.1, 0.15) is 49.9 Å². The van der Waals surface area contributed by atoms with Gasteiger partial charge in [-0.3, -0.25) is 9.52 Å². The second kappa shape index (κ2) is 11.8. The molecule has 1 heterocycles. The van der Waals surface area contributed by atoms with E-state index in [0.717, 1.165) is 16.7 Å². The van der Waals surface area contributed by atoms with Crippen molar-refractivity contribution in [3.63, 3.8) is 0 Å². The van der Waals surface area contributed by atoms with Crippen LogP contribution in [0.5, 0.6) is 0 Å². The fourth-order valence-corrected chi connectivity index (χ4v) is 7.19. The van der Waals surface area contributed by atoms with Crippen molar-refractivity contribution in [1.82, 2.24) is 0 Å². The van der Waals surface area contributed by atoms with Gasteiger partial charge in [0.25, 0.3) is 15.9 Å². The predicted molar refractivity (Wildman–Crippen MR) is 161 cm³/mol. The van der Waals surface area contributed by atoms with Gasteiger partial charge in [-0.1, -0.05) is 41.9 Å². The largest absolute Gasteiger partial charge is 0.462 e. The molecule has 0 spiro atoms. The van der Waals surface area contributed by atoms with Crippen LogP contribution in [0, 0.1) is 27.7 Å². The van der Waals surface area contributed by atoms with Crippen molar-refractivity contribution in [2.45, 2.75) is 39.5 Å². The standard InChI is InChI=1S/C30H29ClN2O5S2/c1-6-38-30(35)26-24(21-11-13-22(31)14-12-21)16-39-29(26)32-28(34)23-9-7-8-10-25(23)33-40(36,37)27-19(4)17(2)15-18(3)20(27)5/h7-16,33H,6H2,1-5H3,(H,32,34). The Kier molecular flexibility index (Phi) is 8.68. The van der Waals surface area contributed by atoms with Gasteiger partial charge in [-0.05, 0) is 86.7 Å². The maximum atomic E-state index is 13.6. The summed E-state index contributed by atoms with van der Waals surface area (Å²) in [5, 5.41) is 5.38. The first-order valence-electron chi connectivity index (χ1n) is 12.5. The van der Waals surface area contributed by atoms with Crippen molar-refractivity contribution in [2.75, 3.05) is 16.6 Å². The number of sulfonamides is 1. The third-order valence-electron chi connectivity index (χ3n) is 6.63. The lowest BCUT2D eigenvalue weighted by molar-refractivity contribution is 0.0529. The third kappa shape index (κ3) is 5.91. The number of thiophene rings is 1. The van der Waals surface area contributed by atoms with Crippen molar-refractivity contribution in [3.05, 3.63) is 98.4 Å². The van der Waals surface area contributed by atoms with Crippen LogP contribution in [0.2, 0.25) is 5.02 Å². The quantitative estimate of drug-likeness (QED) is 0.205. The van der Waals surface area contributed by atoms with Gasteiger partial charge >= 0.3 is 5.97 Å². The maximum Gasteiger partial charge on any atom is 0.341 e. The van der Waals surface area contributed by atoms with Gasteiger partial charge in [-0.25, -0.2) is 13.2 Å². The zero-order valence-corrected chi connectivity index (χ0v) is 25.1. The van der Waals surface area contributed by atoms with E-state index in [1.54, 1.807) is 62.5 Å². The molecule has 2 N–H and O–H groups in total. The molecule has 0 fully saturated rings. The van der Waals surface area contributed by atoms with Crippen LogP contribution < -0.4 is 10.0 Å². The van der Waals surface area contributed by atoms with E-state index in [9.17, 15) is 18.0 Å². The summed E-state index contributed by atoms with van der Waals surface area (Å²) in [5.41, 5.74) is 4.75. The van der Waals surface area contributed by atoms with E-state index in [2.05, 4.69) is 10.0 Å². The van der Waals surface area contributed by atoms with Crippen LogP contribution >= 0.6 is 22.9 Å². The molecule has 40 heavy (non-hydrogen) atoms. The van der Waals surface area contributed by atoms with Crippen LogP contribution in [0.3, 0.4) is 0 Å². The summed E-state index contributed by atoms with van der Waals surface area (Å²) in [6, 6.07) is 15.3. The van der Waals surface area contributed by atoms with Crippen LogP contribution in [0.25, 0.3) is 11.1 Å². The number of aryl methyl sites for hydroxylation is 2. The van der Waals surface area contributed by atoms with Gasteiger partial charge in [0.2, 0.25) is 0 Å². The van der Waals surface area contributed by atoms with E-state index >= 15 is 0 Å². The van der Waals surface area contributed by atoms with Gasteiger partial charge in [-0.2, -0.15) is 0 Å². The highest BCUT2D eigenvalue weighted by Gasteiger charge is 2.26. The highest BCUT2D eigenvalue weighted by Crippen LogP contribution is 2.37. The molecule has 0 saturated carbocycles. The van der Waals surface area contributed by atoms with E-state index < -0.39 is 21.9 Å². The summed E-state index contributed by atoms with van der Waals surface area (Å²) in [5.74, 6) is -1.17. The summed E-state index contributed by atoms with van der Waals surface area (Å²) >= 11 is 7.20. The molecule has 0 unspecified atom stereocenters. The number of amides is 1. The van der Waals surface area contributed by atoms with Crippen LogP contribution in [-0.2, 0) is 14.8 Å². The first-order valence-corrected chi connectivity index (χ1v) is 15.2. The number of anilines is 2. The van der Waals surface area contributed by atoms with E-state index in [4.69, 9.17) is 16.3 Å². The molecule has 0 bridgehead atoms. The number of nitrogens with one attached hydrogen (secondary N) is 2. The molecule has 0 aliphatic carbocycles. The number of carbonyl (C=O) groups is 2. The Morgan fingerprint density at radius 2 is 1.57 bits per heavy atom. The zero-order chi connectivity index (χ0) is 29.2. The van der Waals surface area contributed by atoms with Crippen LogP contribution in [0.15, 0.2) is 64.9 Å². The number of rotatable bonds is 8. The molecule has 0 atom stereocenters. The topological polar surface area (TPSA) is 102 Å². The summed E-state index contributed by atoms with van der Waals surface area (Å²) in [6.45, 7) is 9.11. The molecule has 3 aromatic carbocycles. The Balaban J connectivity index is 1.71. The van der Waals surface area contributed by atoms with E-state index in [1.807, 2.05) is 19.9 Å². The van der Waals surface area contributed by atoms with Crippen molar-refractivity contribution >= 4 is 55.5 Å². The van der Waals surface area contributed by atoms with Crippen molar-refractivity contribution < 1.29 is 22.7 Å². The maximum absolute atomic E-state index is 13.6. The molecule has 4 aromatic rings. The summed E-state index contributed by atoms with van der Waals surface area (Å²) in [6.07, 6.45) is 0. The molecule has 0 aliphatic rings. The van der Waals surface area contributed by atoms with Gasteiger partial charge in [0.1, 0.15) is 10.6 Å². The monoisotopic (exact) mass is 596 g/mol. The lowest BCUT2D eigenvalue weighted by Gasteiger charge is -2.18. The average Bonchev–Trinajstić information content (AvgIpc) is 3.31. The normalized spacial score (nSPS) is 11.2. The Morgan fingerprint density at radius 1 is 0.950 bits per heavy atom. The number of benzene rings is 3. The highest BCUT2D eigenvalue weighted by molar-refractivity contribution is 7.92. The van der Waals surface area contributed by atoms with Crippen molar-refractivity contribution in [2.24, 2.45) is 0 Å². The van der Waals surface area contributed by atoms with Gasteiger partial charge in [-0.15, -0.1) is 11.3 Å². The molecular formula is C30H29ClN2O5S2. The second-order valence-corrected chi connectivity index (χ2v) is 12.2. The minimum atomic E-state index is -4.03. The summed E-state index contributed by atoms with van der Waals surface area (Å²) in [7, 11) is -4.03. The molecule has 0 radical (unpaired) electrons. The molecule has 1 amide bonds. The summed E-state index contributed by atoms with van der Waals surface area (Å²) < 4.78 is 35.0. The zero-order valence-electron chi connectivity index (χ0n) is 22.7. The number of halogens is 1. The lowest BCUT2D eigenvalue weighted by atomic mass is 10.0. The summed E-state index contributed by atoms with van der Waals surface area (Å²) in [4.78, 5) is 26.7. The molecule has 7 nitrogen and oxygen atoms in total. The molecule has 0 aliphatic heterocycles. The Morgan fingerprint density at radius 3 is 2.20 bits per heavy atom. The Labute approximate surface area is 243 Å². The molecule has 10 heteroatoms. The molecule has 0 saturated heterocycles. The second-order valence-electron chi connectivity index (χ2n) is 9.28. The van der Waals surface area contributed by atoms with Gasteiger partial charge < -0.3 is 10.1 Å². The minimum absolute atomic E-state index is 0.0991. The lowest BCUT2D eigenvalue weighted by Crippen LogP contribution is -2.21. The minimum Gasteiger partial charge on any atom is -0.462 e. The number of ether oxygens (including phenoxy) is 1. The van der Waals surface area contributed by atoms with Crippen molar-refractivity contribution in [3.8, 4) is 11.1 Å². The fourth-order valence-electron chi connectivity index (χ4n) is 4.42. The van der Waals surface area contributed by atoms with E-state index in [-0.39, 0.29) is 33.3 Å². The van der Waals surface area contributed by atoms with E-state index in [0.29, 0.717) is 21.7 Å². The first kappa shape index (κ1) is 29.3. The fraction of sp³-hybridized carbons (Fsp3) is 0.200. The average molecular weight is 597 g/mol. The predicted octanol–water partition coefficient (Wildman–Crippen LogP) is 7.53. The third-order valence-corrected chi connectivity index (χ3v) is 9.42. The highest BCUT2D eigenvalue weighted by atomic mass is 35.5. The first-order chi connectivity index (χ1) is 18.9. The molecular weight excluding hydrogens is 568 g/mol. The number of carbonyl (C=O) groups excluding carboxylic acids is 2. The molecule has 4 rings (SSSR count). The molecule has 1 aromatic heterocycles. The Hall–Kier alpha value is -3.66. The van der Waals surface area contributed by atoms with Gasteiger partial charge in [0.05, 0.1) is 22.8 Å². The Bertz CT molecular complexity index is 1680. The van der Waals surface area contributed by atoms with Gasteiger partial charge in [0.15, 0.2) is 0 Å². The smallest absolute Gasteiger partial charge is 0.341 e. The SMILES string of the molecule is CCOC(=O)c1c(-c2ccc(Cl)cc2)csc1NC(=O)c1ccccc1NS(=O)(=O)c1c(C)c(C)cc(C)c1C. The number of hydrogen-bond acceptors (Lipinski definition) is 6. The van der Waals surface area contributed by atoms with Crippen LogP contribution in [0.4, 0.5) is 10.7 Å².